The standard InChI is InChI=1S/C11H18N2O2S2/c1-11(4-2-3-5-11)13-17(14,15)10-6-9(7-12)8-16-10/h6,8,13H,2-5,7,12H2,1H3. The zero-order chi connectivity index (χ0) is 12.5. The zero-order valence-electron chi connectivity index (χ0n) is 9.90. The molecule has 0 unspecified atom stereocenters. The van der Waals surface area contributed by atoms with E-state index in [1.807, 2.05) is 6.92 Å². The van der Waals surface area contributed by atoms with Gasteiger partial charge in [0.25, 0.3) is 10.0 Å². The van der Waals surface area contributed by atoms with E-state index in [4.69, 9.17) is 5.73 Å². The van der Waals surface area contributed by atoms with E-state index in [9.17, 15) is 8.42 Å². The Morgan fingerprint density at radius 3 is 2.65 bits per heavy atom. The van der Waals surface area contributed by atoms with Crippen molar-refractivity contribution in [3.8, 4) is 0 Å². The van der Waals surface area contributed by atoms with E-state index in [2.05, 4.69) is 4.72 Å². The molecule has 0 aromatic carbocycles. The average Bonchev–Trinajstić information content (AvgIpc) is 2.85. The van der Waals surface area contributed by atoms with Crippen molar-refractivity contribution < 1.29 is 8.42 Å². The molecule has 1 aromatic heterocycles. The van der Waals surface area contributed by atoms with Gasteiger partial charge in [-0.3, -0.25) is 0 Å². The van der Waals surface area contributed by atoms with Crippen LogP contribution in [0.25, 0.3) is 0 Å². The first-order chi connectivity index (χ1) is 7.95. The van der Waals surface area contributed by atoms with Gasteiger partial charge in [-0.15, -0.1) is 11.3 Å². The monoisotopic (exact) mass is 274 g/mol. The van der Waals surface area contributed by atoms with E-state index in [0.29, 0.717) is 10.8 Å². The molecule has 0 spiro atoms. The molecule has 1 aliphatic carbocycles. The van der Waals surface area contributed by atoms with Gasteiger partial charge >= 0.3 is 0 Å². The minimum absolute atomic E-state index is 0.272. The summed E-state index contributed by atoms with van der Waals surface area (Å²) in [7, 11) is -3.38. The molecule has 0 atom stereocenters. The lowest BCUT2D eigenvalue weighted by atomic mass is 10.0. The molecule has 3 N–H and O–H groups in total. The van der Waals surface area contributed by atoms with Gasteiger partial charge in [-0.1, -0.05) is 12.8 Å². The highest BCUT2D eigenvalue weighted by Crippen LogP contribution is 2.31. The number of hydrogen-bond donors (Lipinski definition) is 2. The summed E-state index contributed by atoms with van der Waals surface area (Å²) in [6, 6.07) is 1.66. The smallest absolute Gasteiger partial charge is 0.250 e. The summed E-state index contributed by atoms with van der Waals surface area (Å²) in [4.78, 5) is 0. The van der Waals surface area contributed by atoms with Crippen LogP contribution in [-0.2, 0) is 16.6 Å². The lowest BCUT2D eigenvalue weighted by Crippen LogP contribution is -2.43. The molecule has 17 heavy (non-hydrogen) atoms. The summed E-state index contributed by atoms with van der Waals surface area (Å²) < 4.78 is 27.6. The van der Waals surface area contributed by atoms with Gasteiger partial charge in [0.05, 0.1) is 0 Å². The van der Waals surface area contributed by atoms with Crippen LogP contribution in [0.4, 0.5) is 0 Å². The Kier molecular flexibility index (Phi) is 3.58. The maximum atomic E-state index is 12.2. The molecule has 0 amide bonds. The lowest BCUT2D eigenvalue weighted by Gasteiger charge is -2.24. The summed E-state index contributed by atoms with van der Waals surface area (Å²) in [6.45, 7) is 2.36. The summed E-state index contributed by atoms with van der Waals surface area (Å²) in [5.41, 5.74) is 6.08. The minimum atomic E-state index is -3.38. The van der Waals surface area contributed by atoms with Crippen LogP contribution in [0.5, 0.6) is 0 Å². The van der Waals surface area contributed by atoms with Gasteiger partial charge in [-0.25, -0.2) is 13.1 Å². The summed E-state index contributed by atoms with van der Waals surface area (Å²) in [5, 5.41) is 1.80. The van der Waals surface area contributed by atoms with Crippen molar-refractivity contribution in [2.24, 2.45) is 5.73 Å². The van der Waals surface area contributed by atoms with Gasteiger partial charge in [-0.2, -0.15) is 0 Å². The van der Waals surface area contributed by atoms with Crippen molar-refractivity contribution in [3.63, 3.8) is 0 Å². The van der Waals surface area contributed by atoms with Crippen molar-refractivity contribution in [2.75, 3.05) is 0 Å². The third-order valence-electron chi connectivity index (χ3n) is 3.22. The Bertz CT molecular complexity index is 487. The average molecular weight is 274 g/mol. The van der Waals surface area contributed by atoms with Crippen LogP contribution in [0.1, 0.15) is 38.2 Å². The zero-order valence-corrected chi connectivity index (χ0v) is 11.5. The summed E-state index contributed by atoms with van der Waals surface area (Å²) >= 11 is 1.23. The fourth-order valence-electron chi connectivity index (χ4n) is 2.23. The maximum absolute atomic E-state index is 12.2. The molecule has 0 saturated heterocycles. The highest BCUT2D eigenvalue weighted by molar-refractivity contribution is 7.91. The van der Waals surface area contributed by atoms with Crippen molar-refractivity contribution in [1.29, 1.82) is 0 Å². The highest BCUT2D eigenvalue weighted by Gasteiger charge is 2.33. The first-order valence-corrected chi connectivity index (χ1v) is 8.13. The predicted molar refractivity (Wildman–Crippen MR) is 69.4 cm³/mol. The topological polar surface area (TPSA) is 72.2 Å². The fourth-order valence-corrected chi connectivity index (χ4v) is 4.92. The number of thiophene rings is 1. The third-order valence-corrected chi connectivity index (χ3v) is 6.34. The quantitative estimate of drug-likeness (QED) is 0.879. The molecule has 0 aliphatic heterocycles. The number of rotatable bonds is 4. The van der Waals surface area contributed by atoms with Gasteiger partial charge in [0.1, 0.15) is 4.21 Å². The molecule has 6 heteroatoms. The van der Waals surface area contributed by atoms with E-state index < -0.39 is 10.0 Å². The Morgan fingerprint density at radius 1 is 1.47 bits per heavy atom. The van der Waals surface area contributed by atoms with Crippen molar-refractivity contribution in [2.45, 2.75) is 48.9 Å². The molecule has 96 valence electrons. The van der Waals surface area contributed by atoms with E-state index in [1.54, 1.807) is 11.4 Å². The van der Waals surface area contributed by atoms with Crippen LogP contribution in [-0.4, -0.2) is 14.0 Å². The van der Waals surface area contributed by atoms with E-state index in [-0.39, 0.29) is 5.54 Å². The number of hydrogen-bond acceptors (Lipinski definition) is 4. The first kappa shape index (κ1) is 13.0. The molecule has 4 nitrogen and oxygen atoms in total. The van der Waals surface area contributed by atoms with Crippen LogP contribution in [0.15, 0.2) is 15.7 Å². The van der Waals surface area contributed by atoms with Crippen LogP contribution < -0.4 is 10.5 Å². The lowest BCUT2D eigenvalue weighted by molar-refractivity contribution is 0.428. The molecule has 0 bridgehead atoms. The van der Waals surface area contributed by atoms with Gasteiger partial charge in [0.15, 0.2) is 0 Å². The van der Waals surface area contributed by atoms with Crippen LogP contribution in [0.2, 0.25) is 0 Å². The molecule has 2 rings (SSSR count). The Morgan fingerprint density at radius 2 is 2.12 bits per heavy atom. The largest absolute Gasteiger partial charge is 0.326 e. The molecule has 0 radical (unpaired) electrons. The van der Waals surface area contributed by atoms with Gasteiger partial charge < -0.3 is 5.73 Å². The highest BCUT2D eigenvalue weighted by atomic mass is 32.2. The van der Waals surface area contributed by atoms with Crippen molar-refractivity contribution >= 4 is 21.4 Å². The Balaban J connectivity index is 2.18. The second-order valence-electron chi connectivity index (χ2n) is 4.85. The van der Waals surface area contributed by atoms with Crippen LogP contribution in [0.3, 0.4) is 0 Å². The van der Waals surface area contributed by atoms with Crippen molar-refractivity contribution in [3.05, 3.63) is 17.0 Å². The van der Waals surface area contributed by atoms with Gasteiger partial charge in [0, 0.05) is 12.1 Å². The number of sulfonamides is 1. The van der Waals surface area contributed by atoms with Crippen LogP contribution in [0, 0.1) is 0 Å². The van der Waals surface area contributed by atoms with E-state index in [1.165, 1.54) is 11.3 Å². The molecule has 1 fully saturated rings. The molecule has 1 aliphatic rings. The van der Waals surface area contributed by atoms with Crippen LogP contribution >= 0.6 is 11.3 Å². The first-order valence-electron chi connectivity index (χ1n) is 5.77. The molecule has 1 saturated carbocycles. The Labute approximate surface area is 106 Å². The second-order valence-corrected chi connectivity index (χ2v) is 7.67. The molecule has 1 aromatic rings. The normalized spacial score (nSPS) is 19.6. The third kappa shape index (κ3) is 2.88. The number of nitrogens with one attached hydrogen (secondary N) is 1. The molecular formula is C11H18N2O2S2. The molecular weight excluding hydrogens is 256 g/mol. The number of nitrogens with two attached hydrogens (primary N) is 1. The van der Waals surface area contributed by atoms with Gasteiger partial charge in [-0.05, 0) is 36.8 Å². The minimum Gasteiger partial charge on any atom is -0.326 e. The van der Waals surface area contributed by atoms with E-state index in [0.717, 1.165) is 31.2 Å². The summed E-state index contributed by atoms with van der Waals surface area (Å²) in [5.74, 6) is 0. The SMILES string of the molecule is CC1(NS(=O)(=O)c2cc(CN)cs2)CCCC1. The molecule has 1 heterocycles. The van der Waals surface area contributed by atoms with Gasteiger partial charge in [0.2, 0.25) is 0 Å². The second kappa shape index (κ2) is 4.68. The summed E-state index contributed by atoms with van der Waals surface area (Å²) in [6.07, 6.45) is 4.03. The van der Waals surface area contributed by atoms with E-state index >= 15 is 0 Å². The van der Waals surface area contributed by atoms with Crippen molar-refractivity contribution in [1.82, 2.24) is 4.72 Å². The predicted octanol–water partition coefficient (Wildman–Crippen LogP) is 1.82. The Hall–Kier alpha value is -0.430. The maximum Gasteiger partial charge on any atom is 0.250 e. The fraction of sp³-hybridized carbons (Fsp3) is 0.636.